The number of ether oxygens (including phenoxy) is 3. The summed E-state index contributed by atoms with van der Waals surface area (Å²) in [5.74, 6) is -0.429. The van der Waals surface area contributed by atoms with E-state index in [1.165, 1.54) is 0 Å². The third kappa shape index (κ3) is 10.9. The molecule has 1 saturated carbocycles. The monoisotopic (exact) mass is 751 g/mol. The molecule has 5 N–H and O–H groups in total. The van der Waals surface area contributed by atoms with Gasteiger partial charge in [-0.3, -0.25) is 19.2 Å². The number of aryl methyl sites for hydroxylation is 1. The van der Waals surface area contributed by atoms with Crippen LogP contribution in [-0.4, -0.2) is 141 Å². The molecule has 52 heavy (non-hydrogen) atoms. The van der Waals surface area contributed by atoms with E-state index in [4.69, 9.17) is 19.3 Å². The minimum atomic E-state index is -1.11. The van der Waals surface area contributed by atoms with Gasteiger partial charge in [-0.15, -0.1) is 12.4 Å². The van der Waals surface area contributed by atoms with E-state index in [0.29, 0.717) is 29.7 Å². The molecule has 1 aliphatic carbocycles. The van der Waals surface area contributed by atoms with E-state index in [9.17, 15) is 24.0 Å². The topological polar surface area (TPSA) is 193 Å². The Kier molecular flexibility index (Phi) is 16.9. The van der Waals surface area contributed by atoms with Gasteiger partial charge in [0.2, 0.25) is 11.8 Å². The molecule has 290 valence electrons. The van der Waals surface area contributed by atoms with E-state index in [0.717, 1.165) is 32.1 Å². The van der Waals surface area contributed by atoms with Crippen molar-refractivity contribution in [3.63, 3.8) is 0 Å². The molecule has 2 aromatic rings. The zero-order valence-corrected chi connectivity index (χ0v) is 31.4. The van der Waals surface area contributed by atoms with Crippen LogP contribution in [0, 0.1) is 5.92 Å². The van der Waals surface area contributed by atoms with Crippen LogP contribution < -0.4 is 26.0 Å². The number of likely N-dealkylation sites (N-methyl/N-ethyl adjacent to an activating group) is 1. The smallest absolute Gasteiger partial charge is 0.404 e. The molecule has 0 bridgehead atoms. The second-order valence-electron chi connectivity index (χ2n) is 12.9. The van der Waals surface area contributed by atoms with Crippen molar-refractivity contribution in [3.8, 4) is 5.75 Å². The average molecular weight is 752 g/mol. The number of methoxy groups -OCH3 is 1. The van der Waals surface area contributed by atoms with Gasteiger partial charge in [-0.1, -0.05) is 19.3 Å². The molecule has 2 heterocycles. The van der Waals surface area contributed by atoms with Crippen molar-refractivity contribution in [2.75, 3.05) is 79.9 Å². The van der Waals surface area contributed by atoms with Gasteiger partial charge < -0.3 is 55.0 Å². The number of halogens is 1. The van der Waals surface area contributed by atoms with E-state index in [-0.39, 0.29) is 99.9 Å². The molecule has 0 radical (unpaired) electrons. The Labute approximate surface area is 310 Å². The highest BCUT2D eigenvalue weighted by Crippen LogP contribution is 2.31. The normalized spacial score (nSPS) is 16.1. The molecule has 2 fully saturated rings. The summed E-state index contributed by atoms with van der Waals surface area (Å²) in [7, 11) is 5.00. The lowest BCUT2D eigenvalue weighted by Gasteiger charge is -2.39. The van der Waals surface area contributed by atoms with Gasteiger partial charge in [0.1, 0.15) is 17.5 Å². The van der Waals surface area contributed by atoms with Gasteiger partial charge in [-0.25, -0.2) is 4.79 Å². The highest BCUT2D eigenvalue weighted by molar-refractivity contribution is 6.16. The average Bonchev–Trinajstić information content (AvgIpc) is 3.44. The van der Waals surface area contributed by atoms with Crippen molar-refractivity contribution >= 4 is 53.0 Å². The fourth-order valence-corrected chi connectivity index (χ4v) is 6.63. The van der Waals surface area contributed by atoms with Crippen LogP contribution in [0.15, 0.2) is 18.2 Å². The van der Waals surface area contributed by atoms with Crippen molar-refractivity contribution in [2.24, 2.45) is 13.0 Å². The molecular weight excluding hydrogens is 698 g/mol. The van der Waals surface area contributed by atoms with Crippen molar-refractivity contribution in [1.82, 2.24) is 35.6 Å². The number of nitrogens with one attached hydrogen (secondary N) is 4. The first-order chi connectivity index (χ1) is 24.6. The Balaban J connectivity index is 0.00000729. The summed E-state index contributed by atoms with van der Waals surface area (Å²) in [5, 5.41) is 20.2. The maximum absolute atomic E-state index is 14.2. The highest BCUT2D eigenvalue weighted by atomic mass is 35.5. The maximum Gasteiger partial charge on any atom is 0.404 e. The molecular formula is C35H54ClN7O9. The Hall–Kier alpha value is -4.12. The minimum absolute atomic E-state index is 0. The SMILES string of the molecule is CNC(C)C(=O)NC(C(=O)N1CCN(C(=O)c2c(C(=O)NCCOCCOCCNC(=O)O)c3ccc(OC)cc3n2C)CC1)C1CCCCC1.Cl. The quantitative estimate of drug-likeness (QED) is 0.148. The van der Waals surface area contributed by atoms with Crippen LogP contribution in [0.3, 0.4) is 0 Å². The van der Waals surface area contributed by atoms with Crippen LogP contribution in [0.1, 0.15) is 59.9 Å². The van der Waals surface area contributed by atoms with Crippen LogP contribution in [0.5, 0.6) is 5.75 Å². The summed E-state index contributed by atoms with van der Waals surface area (Å²) < 4.78 is 18.0. The van der Waals surface area contributed by atoms with Crippen molar-refractivity contribution in [3.05, 3.63) is 29.5 Å². The Bertz CT molecular complexity index is 1520. The number of aromatic nitrogens is 1. The number of carboxylic acid groups (broad SMARTS) is 1. The van der Waals surface area contributed by atoms with Gasteiger partial charge in [0.25, 0.3) is 11.8 Å². The molecule has 2 aliphatic rings. The number of hydrogen-bond donors (Lipinski definition) is 5. The first-order valence-electron chi connectivity index (χ1n) is 17.7. The molecule has 4 rings (SSSR count). The number of carbonyl (C=O) groups is 5. The highest BCUT2D eigenvalue weighted by Gasteiger charge is 2.37. The standard InChI is InChI=1S/C35H53N7O9.ClH/c1-23(36-2)31(43)39-29(24-8-6-5-7-9-24)33(45)41-14-16-42(17-15-41)34(46)30-28(26-11-10-25(49-4)22-27(26)40(30)3)32(44)37-12-18-50-20-21-51-19-13-38-35(47)48;/h10-11,22-24,29,36,38H,5-9,12-21H2,1-4H3,(H,37,44)(H,39,43)(H,47,48);1H. The molecule has 16 nitrogen and oxygen atoms in total. The first-order valence-corrected chi connectivity index (χ1v) is 17.7. The first kappa shape index (κ1) is 42.3. The summed E-state index contributed by atoms with van der Waals surface area (Å²) in [5.41, 5.74) is 1.13. The van der Waals surface area contributed by atoms with Crippen molar-refractivity contribution in [1.29, 1.82) is 0 Å². The summed E-state index contributed by atoms with van der Waals surface area (Å²) in [6.45, 7) is 4.24. The Morgan fingerprint density at radius 1 is 0.904 bits per heavy atom. The number of fused-ring (bicyclic) bond motifs is 1. The van der Waals surface area contributed by atoms with Crippen LogP contribution in [0.4, 0.5) is 4.79 Å². The van der Waals surface area contributed by atoms with Gasteiger partial charge in [-0.2, -0.15) is 0 Å². The minimum Gasteiger partial charge on any atom is -0.497 e. The number of benzene rings is 1. The summed E-state index contributed by atoms with van der Waals surface area (Å²) in [4.78, 5) is 68.5. The van der Waals surface area contributed by atoms with Gasteiger partial charge in [0.05, 0.1) is 50.7 Å². The second-order valence-corrected chi connectivity index (χ2v) is 12.9. The second kappa shape index (κ2) is 20.8. The predicted molar refractivity (Wildman–Crippen MR) is 196 cm³/mol. The Morgan fingerprint density at radius 3 is 2.12 bits per heavy atom. The number of rotatable bonds is 17. The summed E-state index contributed by atoms with van der Waals surface area (Å²) >= 11 is 0. The van der Waals surface area contributed by atoms with Gasteiger partial charge in [-0.05, 0) is 44.9 Å². The summed E-state index contributed by atoms with van der Waals surface area (Å²) in [6, 6.07) is 4.24. The largest absolute Gasteiger partial charge is 0.497 e. The van der Waals surface area contributed by atoms with Gasteiger partial charge in [0, 0.05) is 57.8 Å². The van der Waals surface area contributed by atoms with E-state index in [1.54, 1.807) is 60.7 Å². The number of hydrogen-bond acceptors (Lipinski definition) is 9. The molecule has 1 aromatic heterocycles. The maximum atomic E-state index is 14.2. The third-order valence-corrected chi connectivity index (χ3v) is 9.65. The molecule has 2 unspecified atom stereocenters. The van der Waals surface area contributed by atoms with Crippen LogP contribution in [-0.2, 0) is 26.1 Å². The fraction of sp³-hybridized carbons (Fsp3) is 0.629. The lowest BCUT2D eigenvalue weighted by molar-refractivity contribution is -0.140. The van der Waals surface area contributed by atoms with Crippen molar-refractivity contribution < 1.29 is 43.3 Å². The zero-order chi connectivity index (χ0) is 36.9. The fourth-order valence-electron chi connectivity index (χ4n) is 6.63. The van der Waals surface area contributed by atoms with Gasteiger partial charge in [0.15, 0.2) is 0 Å². The van der Waals surface area contributed by atoms with E-state index in [2.05, 4.69) is 21.3 Å². The Morgan fingerprint density at radius 2 is 1.52 bits per heavy atom. The molecule has 0 spiro atoms. The van der Waals surface area contributed by atoms with Crippen LogP contribution in [0.25, 0.3) is 10.9 Å². The van der Waals surface area contributed by atoms with E-state index < -0.39 is 24.1 Å². The lowest BCUT2D eigenvalue weighted by atomic mass is 9.83. The number of piperazine rings is 1. The van der Waals surface area contributed by atoms with Crippen LogP contribution in [0.2, 0.25) is 0 Å². The molecule has 1 aromatic carbocycles. The molecule has 1 saturated heterocycles. The zero-order valence-electron chi connectivity index (χ0n) is 30.5. The number of amides is 5. The number of nitrogens with zero attached hydrogens (tertiary/aromatic N) is 3. The van der Waals surface area contributed by atoms with Gasteiger partial charge >= 0.3 is 6.09 Å². The lowest BCUT2D eigenvalue weighted by Crippen LogP contribution is -2.59. The van der Waals surface area contributed by atoms with Crippen LogP contribution >= 0.6 is 12.4 Å². The van der Waals surface area contributed by atoms with E-state index >= 15 is 0 Å². The molecule has 1 aliphatic heterocycles. The predicted octanol–water partition coefficient (Wildman–Crippen LogP) is 1.60. The summed E-state index contributed by atoms with van der Waals surface area (Å²) in [6.07, 6.45) is 3.83. The van der Waals surface area contributed by atoms with Crippen molar-refractivity contribution in [2.45, 2.75) is 51.1 Å². The third-order valence-electron chi connectivity index (χ3n) is 9.65. The van der Waals surface area contributed by atoms with E-state index in [1.807, 2.05) is 0 Å². The molecule has 17 heteroatoms. The molecule has 5 amide bonds. The number of carbonyl (C=O) groups excluding carboxylic acids is 4. The molecule has 2 atom stereocenters.